The highest BCUT2D eigenvalue weighted by molar-refractivity contribution is 5.77. The van der Waals surface area contributed by atoms with Crippen molar-refractivity contribution in [3.63, 3.8) is 0 Å². The molecule has 0 aliphatic rings. The summed E-state index contributed by atoms with van der Waals surface area (Å²) in [5.41, 5.74) is 1.87. The lowest BCUT2D eigenvalue weighted by Crippen LogP contribution is -1.86. The number of para-hydroxylation sites is 1. The average Bonchev–Trinajstić information content (AvgIpc) is 2.49. The van der Waals surface area contributed by atoms with Crippen molar-refractivity contribution in [2.24, 2.45) is 0 Å². The van der Waals surface area contributed by atoms with E-state index >= 15 is 0 Å². The first-order valence-corrected chi connectivity index (χ1v) is 3.69. The van der Waals surface area contributed by atoms with Crippen molar-refractivity contribution in [2.45, 2.75) is 6.92 Å². The minimum atomic E-state index is -0.639. The summed E-state index contributed by atoms with van der Waals surface area (Å²) in [5.74, 6) is 0. The molecule has 1 heterocycles. The smallest absolute Gasteiger partial charge is 0.381 e. The zero-order chi connectivity index (χ0) is 9.42. The summed E-state index contributed by atoms with van der Waals surface area (Å²) in [5, 5.41) is 10.3. The molecule has 0 aliphatic heterocycles. The Hall–Kier alpha value is -1.91. The lowest BCUT2D eigenvalue weighted by Gasteiger charge is -1.84. The third kappa shape index (κ3) is 1.14. The van der Waals surface area contributed by atoms with Gasteiger partial charge in [-0.05, 0) is 13.0 Å². The van der Waals surface area contributed by atoms with Gasteiger partial charge in [-0.1, -0.05) is 12.1 Å². The Kier molecular flexibility index (Phi) is 1.51. The van der Waals surface area contributed by atoms with E-state index in [1.54, 1.807) is 12.1 Å². The predicted molar refractivity (Wildman–Crippen MR) is 45.4 cm³/mol. The van der Waals surface area contributed by atoms with Crippen molar-refractivity contribution >= 4 is 17.1 Å². The highest BCUT2D eigenvalue weighted by atomic mass is 16.7. The van der Waals surface area contributed by atoms with Crippen LogP contribution in [0.4, 0.5) is 6.01 Å². The van der Waals surface area contributed by atoms with Gasteiger partial charge in [-0.15, -0.1) is 0 Å². The van der Waals surface area contributed by atoms with E-state index in [1.165, 1.54) is 0 Å². The van der Waals surface area contributed by atoms with Crippen LogP contribution in [0.5, 0.6) is 0 Å². The van der Waals surface area contributed by atoms with E-state index < -0.39 is 10.9 Å². The second kappa shape index (κ2) is 2.55. The lowest BCUT2D eigenvalue weighted by molar-refractivity contribution is -0.406. The molecule has 5 heteroatoms. The van der Waals surface area contributed by atoms with Gasteiger partial charge in [-0.3, -0.25) is 0 Å². The Morgan fingerprint density at radius 3 is 2.92 bits per heavy atom. The van der Waals surface area contributed by atoms with Crippen LogP contribution in [-0.4, -0.2) is 9.91 Å². The van der Waals surface area contributed by atoms with E-state index in [0.717, 1.165) is 5.56 Å². The van der Waals surface area contributed by atoms with E-state index in [-0.39, 0.29) is 0 Å². The minimum Gasteiger partial charge on any atom is -0.381 e. The van der Waals surface area contributed by atoms with Gasteiger partial charge in [0.05, 0.1) is 0 Å². The highest BCUT2D eigenvalue weighted by Gasteiger charge is 2.18. The van der Waals surface area contributed by atoms with E-state index in [4.69, 9.17) is 4.42 Å². The Labute approximate surface area is 73.1 Å². The van der Waals surface area contributed by atoms with E-state index in [2.05, 4.69) is 4.98 Å². The summed E-state index contributed by atoms with van der Waals surface area (Å²) < 4.78 is 4.90. The fraction of sp³-hybridized carbons (Fsp3) is 0.125. The van der Waals surface area contributed by atoms with Crippen LogP contribution in [0.15, 0.2) is 22.6 Å². The molecule has 0 bridgehead atoms. The summed E-state index contributed by atoms with van der Waals surface area (Å²) >= 11 is 0. The summed E-state index contributed by atoms with van der Waals surface area (Å²) in [7, 11) is 0. The van der Waals surface area contributed by atoms with Crippen LogP contribution < -0.4 is 0 Å². The fourth-order valence-electron chi connectivity index (χ4n) is 1.15. The number of oxazole rings is 1. The molecule has 0 saturated carbocycles. The molecule has 1 aromatic carbocycles. The Morgan fingerprint density at radius 1 is 1.54 bits per heavy atom. The zero-order valence-electron chi connectivity index (χ0n) is 6.85. The molecule has 5 nitrogen and oxygen atoms in total. The maximum atomic E-state index is 10.3. The molecule has 0 amide bonds. The molecule has 0 radical (unpaired) electrons. The molecule has 0 spiro atoms. The van der Waals surface area contributed by atoms with Gasteiger partial charge in [0.15, 0.2) is 5.58 Å². The molecule has 0 unspecified atom stereocenters. The van der Waals surface area contributed by atoms with E-state index in [9.17, 15) is 10.1 Å². The second-order valence-corrected chi connectivity index (χ2v) is 2.68. The molecule has 0 saturated heterocycles. The molecule has 0 fully saturated rings. The van der Waals surface area contributed by atoms with Crippen molar-refractivity contribution in [2.75, 3.05) is 0 Å². The number of benzene rings is 1. The maximum absolute atomic E-state index is 10.3. The fourth-order valence-corrected chi connectivity index (χ4v) is 1.15. The van der Waals surface area contributed by atoms with E-state index in [0.29, 0.717) is 11.1 Å². The molecule has 0 aliphatic carbocycles. The Bertz CT molecular complexity index is 475. The third-order valence-corrected chi connectivity index (χ3v) is 1.77. The molecule has 66 valence electrons. The molecular formula is C8H6N2O3. The number of hydrogen-bond acceptors (Lipinski definition) is 4. The number of aryl methyl sites for hydroxylation is 1. The molecule has 13 heavy (non-hydrogen) atoms. The van der Waals surface area contributed by atoms with Gasteiger partial charge in [0.25, 0.3) is 0 Å². The number of aromatic nitrogens is 1. The van der Waals surface area contributed by atoms with Crippen molar-refractivity contribution in [3.8, 4) is 0 Å². The van der Waals surface area contributed by atoms with Crippen LogP contribution in [0.2, 0.25) is 0 Å². The van der Waals surface area contributed by atoms with Crippen LogP contribution >= 0.6 is 0 Å². The standard InChI is InChI=1S/C8H6N2O3/c1-5-3-2-4-6-7(5)9-8(13-6)10(11)12/h2-4H,1H3. The van der Waals surface area contributed by atoms with Crippen LogP contribution in [0.25, 0.3) is 11.1 Å². The summed E-state index contributed by atoms with van der Waals surface area (Å²) in [4.78, 5) is 13.4. The largest absolute Gasteiger partial charge is 0.546 e. The van der Waals surface area contributed by atoms with Crippen molar-refractivity contribution in [1.29, 1.82) is 0 Å². The van der Waals surface area contributed by atoms with Gasteiger partial charge in [-0.2, -0.15) is 0 Å². The molecule has 0 N–H and O–H groups in total. The molecular weight excluding hydrogens is 172 g/mol. The van der Waals surface area contributed by atoms with Crippen LogP contribution in [0.3, 0.4) is 0 Å². The first-order valence-electron chi connectivity index (χ1n) is 3.69. The summed E-state index contributed by atoms with van der Waals surface area (Å²) in [6.07, 6.45) is 0. The van der Waals surface area contributed by atoms with Crippen molar-refractivity contribution in [1.82, 2.24) is 4.98 Å². The quantitative estimate of drug-likeness (QED) is 0.495. The number of rotatable bonds is 1. The minimum absolute atomic E-state index is 0.451. The zero-order valence-corrected chi connectivity index (χ0v) is 6.85. The van der Waals surface area contributed by atoms with Crippen LogP contribution in [-0.2, 0) is 0 Å². The number of fused-ring (bicyclic) bond motifs is 1. The first-order chi connectivity index (χ1) is 6.18. The maximum Gasteiger partial charge on any atom is 0.546 e. The molecule has 2 aromatic rings. The topological polar surface area (TPSA) is 69.2 Å². The molecule has 2 rings (SSSR count). The number of nitrogens with zero attached hydrogens (tertiary/aromatic N) is 2. The number of nitro groups is 1. The average molecular weight is 178 g/mol. The van der Waals surface area contributed by atoms with Gasteiger partial charge in [0.1, 0.15) is 0 Å². The van der Waals surface area contributed by atoms with Gasteiger partial charge in [-0.25, -0.2) is 0 Å². The van der Waals surface area contributed by atoms with Gasteiger partial charge >= 0.3 is 6.01 Å². The van der Waals surface area contributed by atoms with Gasteiger partial charge in [0, 0.05) is 15.5 Å². The van der Waals surface area contributed by atoms with Gasteiger partial charge < -0.3 is 14.5 Å². The monoisotopic (exact) mass is 178 g/mol. The SMILES string of the molecule is Cc1cccc2oc([N+](=O)[O-])nc12. The normalized spacial score (nSPS) is 10.5. The van der Waals surface area contributed by atoms with Crippen LogP contribution in [0, 0.1) is 17.0 Å². The Morgan fingerprint density at radius 2 is 2.31 bits per heavy atom. The predicted octanol–water partition coefficient (Wildman–Crippen LogP) is 2.04. The summed E-state index contributed by atoms with van der Waals surface area (Å²) in [6.45, 7) is 1.83. The summed E-state index contributed by atoms with van der Waals surface area (Å²) in [6, 6.07) is 4.80. The molecule has 1 aromatic heterocycles. The Balaban J connectivity index is 2.75. The first kappa shape index (κ1) is 7.72. The van der Waals surface area contributed by atoms with E-state index in [1.807, 2.05) is 13.0 Å². The van der Waals surface area contributed by atoms with Crippen molar-refractivity contribution < 1.29 is 9.34 Å². The third-order valence-electron chi connectivity index (χ3n) is 1.77. The van der Waals surface area contributed by atoms with Gasteiger partial charge in [0.2, 0.25) is 5.52 Å². The highest BCUT2D eigenvalue weighted by Crippen LogP contribution is 2.22. The number of hydrogen-bond donors (Lipinski definition) is 0. The lowest BCUT2D eigenvalue weighted by atomic mass is 10.2. The van der Waals surface area contributed by atoms with Crippen LogP contribution in [0.1, 0.15) is 5.56 Å². The second-order valence-electron chi connectivity index (χ2n) is 2.68. The molecule has 0 atom stereocenters. The van der Waals surface area contributed by atoms with Crippen molar-refractivity contribution in [3.05, 3.63) is 33.9 Å².